The van der Waals surface area contributed by atoms with E-state index in [1.807, 2.05) is 3.28 Å². The van der Waals surface area contributed by atoms with Gasteiger partial charge in [-0.25, -0.2) is 0 Å². The molecule has 1 heteroatoms. The minimum Gasteiger partial charge on any atom is -1.00 e. The topological polar surface area (TPSA) is 0 Å². The molecule has 0 spiro atoms. The van der Waals surface area contributed by atoms with Gasteiger partial charge in [0.15, 0.2) is 0 Å². The van der Waals surface area contributed by atoms with Crippen LogP contribution in [-0.4, -0.2) is 0 Å². The monoisotopic (exact) mass is 306 g/mol. The second kappa shape index (κ2) is 4.84. The fourth-order valence-electron chi connectivity index (χ4n) is 2.86. The average molecular weight is 308 g/mol. The van der Waals surface area contributed by atoms with Crippen LogP contribution in [-0.2, 0) is 23.2 Å². The molecule has 0 nitrogen and oxygen atoms in total. The summed E-state index contributed by atoms with van der Waals surface area (Å²) in [7, 11) is 0. The molecule has 0 saturated carbocycles. The van der Waals surface area contributed by atoms with Crippen molar-refractivity contribution in [3.63, 3.8) is 0 Å². The van der Waals surface area contributed by atoms with E-state index in [1.165, 1.54) is 12.8 Å². The van der Waals surface area contributed by atoms with E-state index in [0.29, 0.717) is 5.41 Å². The average Bonchev–Trinajstić information content (AvgIpc) is 2.89. The summed E-state index contributed by atoms with van der Waals surface area (Å²) in [5.74, 6) is 0. The van der Waals surface area contributed by atoms with Gasteiger partial charge in [-0.2, -0.15) is 0 Å². The van der Waals surface area contributed by atoms with E-state index < -0.39 is 23.2 Å². The Hall–Kier alpha value is -0.157. The van der Waals surface area contributed by atoms with Crippen LogP contribution in [0.4, 0.5) is 0 Å². The maximum Gasteiger partial charge on any atom is -1.00 e. The van der Waals surface area contributed by atoms with Gasteiger partial charge in [0.1, 0.15) is 0 Å². The minimum absolute atomic E-state index is 0. The van der Waals surface area contributed by atoms with Crippen molar-refractivity contribution in [3.8, 4) is 0 Å². The van der Waals surface area contributed by atoms with Crippen molar-refractivity contribution in [1.82, 2.24) is 0 Å². The molecule has 0 N–H and O–H groups in total. The Morgan fingerprint density at radius 1 is 1.29 bits per heavy atom. The van der Waals surface area contributed by atoms with Crippen molar-refractivity contribution in [2.75, 3.05) is 0 Å². The van der Waals surface area contributed by atoms with E-state index in [0.717, 1.165) is 0 Å². The van der Waals surface area contributed by atoms with Gasteiger partial charge in [-0.05, 0) is 0 Å². The smallest absolute Gasteiger partial charge is 1.00 e. The molecule has 2 rings (SSSR count). The maximum absolute atomic E-state index is 2.46. The molecule has 0 aromatic carbocycles. The summed E-state index contributed by atoms with van der Waals surface area (Å²) in [6.07, 6.45) is 9.38. The third kappa shape index (κ3) is 2.12. The van der Waals surface area contributed by atoms with Crippen LogP contribution >= 0.6 is 0 Å². The summed E-state index contributed by atoms with van der Waals surface area (Å²) < 4.78 is 3.57. The Labute approximate surface area is 120 Å². The van der Waals surface area contributed by atoms with Crippen LogP contribution < -0.4 is 0 Å². The summed E-state index contributed by atoms with van der Waals surface area (Å²) >= 11 is -0.537. The van der Waals surface area contributed by atoms with Crippen molar-refractivity contribution >= 4 is 0 Å². The summed E-state index contributed by atoms with van der Waals surface area (Å²) in [5.41, 5.74) is 5.19. The van der Waals surface area contributed by atoms with Gasteiger partial charge in [-0.3, -0.25) is 0 Å². The van der Waals surface area contributed by atoms with Crippen molar-refractivity contribution in [2.24, 2.45) is 5.41 Å². The second-order valence-corrected chi connectivity index (χ2v) is 8.81. The van der Waals surface area contributed by atoms with Crippen LogP contribution in [0.15, 0.2) is 41.5 Å². The first-order valence-electron chi connectivity index (χ1n) is 6.53. The Kier molecular flexibility index (Phi) is 3.78. The molecule has 0 bridgehead atoms. The SMILES string of the molecule is CCC1(C)C(C)=C(C)C(C)=[C]1[Zr+2][C]1=CC=CC1.[H-].[H-]. The normalized spacial score (nSPS) is 27.9. The second-order valence-electron chi connectivity index (χ2n) is 5.38. The first kappa shape index (κ1) is 13.3. The molecule has 2 aliphatic carbocycles. The van der Waals surface area contributed by atoms with Crippen LogP contribution in [0.25, 0.3) is 0 Å². The van der Waals surface area contributed by atoms with Gasteiger partial charge < -0.3 is 2.85 Å². The van der Waals surface area contributed by atoms with Crippen LogP contribution in [0.1, 0.15) is 50.3 Å². The van der Waals surface area contributed by atoms with Gasteiger partial charge in [-0.15, -0.1) is 0 Å². The molecule has 1 unspecified atom stereocenters. The van der Waals surface area contributed by atoms with Crippen LogP contribution in [0.5, 0.6) is 0 Å². The first-order valence-corrected chi connectivity index (χ1v) is 8.99. The van der Waals surface area contributed by atoms with Crippen molar-refractivity contribution < 1.29 is 26.1 Å². The molecule has 0 aliphatic heterocycles. The van der Waals surface area contributed by atoms with Gasteiger partial charge in [0.25, 0.3) is 0 Å². The first-order chi connectivity index (χ1) is 8.00. The molecule has 2 aliphatic rings. The quantitative estimate of drug-likeness (QED) is 0.674. The number of allylic oxidation sites excluding steroid dienone is 8. The molecule has 0 amide bonds. The molecule has 0 radical (unpaired) electrons. The van der Waals surface area contributed by atoms with E-state index in [9.17, 15) is 0 Å². The standard InChI is InChI=1S/C11H17.C5H5.Zr.2H/c1-6-11(5)7-8(2)9(3)10(11)4;1-2-4-5-3-1;;;/h6H2,1-5H3;1-3H,4H2;;;/q;;+2;2*-1. The molecule has 0 aromatic rings. The third-order valence-electron chi connectivity index (χ3n) is 4.64. The number of hydrogen-bond donors (Lipinski definition) is 0. The number of rotatable bonds is 3. The van der Waals surface area contributed by atoms with Crippen LogP contribution in [0.2, 0.25) is 0 Å². The summed E-state index contributed by atoms with van der Waals surface area (Å²) in [5, 5.41) is 0. The van der Waals surface area contributed by atoms with E-state index in [-0.39, 0.29) is 2.85 Å². The summed E-state index contributed by atoms with van der Waals surface area (Å²) in [6.45, 7) is 11.8. The molecule has 0 heterocycles. The fraction of sp³-hybridized carbons (Fsp3) is 0.500. The van der Waals surface area contributed by atoms with Gasteiger partial charge in [0.05, 0.1) is 0 Å². The molecular weight excluding hydrogens is 283 g/mol. The number of hydrogen-bond acceptors (Lipinski definition) is 0. The van der Waals surface area contributed by atoms with E-state index in [4.69, 9.17) is 0 Å². The zero-order valence-electron chi connectivity index (χ0n) is 13.6. The summed E-state index contributed by atoms with van der Waals surface area (Å²) in [4.78, 5) is 0. The minimum atomic E-state index is -0.537. The van der Waals surface area contributed by atoms with Gasteiger partial charge in [0.2, 0.25) is 0 Å². The molecule has 0 aromatic heterocycles. The van der Waals surface area contributed by atoms with Crippen molar-refractivity contribution in [1.29, 1.82) is 0 Å². The zero-order valence-corrected chi connectivity index (χ0v) is 14.1. The molecule has 0 fully saturated rings. The Balaban J connectivity index is 0.00000162. The van der Waals surface area contributed by atoms with E-state index in [1.54, 1.807) is 20.0 Å². The zero-order chi connectivity index (χ0) is 12.6. The molecule has 0 saturated heterocycles. The van der Waals surface area contributed by atoms with Crippen molar-refractivity contribution in [2.45, 2.75) is 47.5 Å². The maximum atomic E-state index is 2.46. The Bertz CT molecular complexity index is 469. The van der Waals surface area contributed by atoms with E-state index >= 15 is 0 Å². The largest absolute Gasteiger partial charge is 1.00 e. The van der Waals surface area contributed by atoms with Crippen LogP contribution in [0.3, 0.4) is 0 Å². The van der Waals surface area contributed by atoms with Gasteiger partial charge >= 0.3 is 118 Å². The predicted molar refractivity (Wildman–Crippen MR) is 73.5 cm³/mol. The third-order valence-corrected chi connectivity index (χ3v) is 9.24. The molecular formula is C16H24Zr. The van der Waals surface area contributed by atoms with E-state index in [2.05, 4.69) is 52.8 Å². The molecule has 1 atom stereocenters. The fourth-order valence-corrected chi connectivity index (χ4v) is 7.12. The Morgan fingerprint density at radius 3 is 2.53 bits per heavy atom. The van der Waals surface area contributed by atoms with Gasteiger partial charge in [0, 0.05) is 0 Å². The van der Waals surface area contributed by atoms with Crippen LogP contribution in [0, 0.1) is 5.41 Å². The summed E-state index contributed by atoms with van der Waals surface area (Å²) in [6, 6.07) is 0. The molecule has 92 valence electrons. The van der Waals surface area contributed by atoms with Gasteiger partial charge in [-0.1, -0.05) is 0 Å². The Morgan fingerprint density at radius 2 is 2.00 bits per heavy atom. The predicted octanol–water partition coefficient (Wildman–Crippen LogP) is 5.18. The van der Waals surface area contributed by atoms with Crippen molar-refractivity contribution in [3.05, 3.63) is 41.5 Å². The molecule has 17 heavy (non-hydrogen) atoms.